The van der Waals surface area contributed by atoms with Crippen molar-refractivity contribution in [2.75, 3.05) is 37.6 Å². The molecule has 0 radical (unpaired) electrons. The van der Waals surface area contributed by atoms with Crippen LogP contribution in [0.4, 0.5) is 24.5 Å². The van der Waals surface area contributed by atoms with E-state index in [0.29, 0.717) is 11.5 Å². The van der Waals surface area contributed by atoms with Crippen molar-refractivity contribution >= 4 is 17.6 Å². The number of alkyl halides is 3. The Morgan fingerprint density at radius 3 is 2.54 bits per heavy atom. The lowest BCUT2D eigenvalue weighted by Crippen LogP contribution is -2.46. The molecule has 0 aliphatic carbocycles. The summed E-state index contributed by atoms with van der Waals surface area (Å²) >= 11 is 0. The molecule has 148 valence electrons. The Balaban J connectivity index is 1.63. The first-order chi connectivity index (χ1) is 13.5. The molecule has 4 rings (SSSR count). The summed E-state index contributed by atoms with van der Waals surface area (Å²) in [6.07, 6.45) is -1.65. The maximum atomic E-state index is 13.0. The normalized spacial score (nSPS) is 16.9. The van der Waals surface area contributed by atoms with E-state index in [4.69, 9.17) is 4.74 Å². The van der Waals surface area contributed by atoms with Crippen LogP contribution in [-0.4, -0.2) is 43.8 Å². The van der Waals surface area contributed by atoms with Crippen molar-refractivity contribution in [3.05, 3.63) is 47.5 Å². The van der Waals surface area contributed by atoms with Gasteiger partial charge < -0.3 is 9.64 Å². The van der Waals surface area contributed by atoms with Crippen LogP contribution in [0, 0.1) is 0 Å². The largest absolute Gasteiger partial charge is 0.454 e. The Kier molecular flexibility index (Phi) is 5.02. The Morgan fingerprint density at radius 1 is 1.04 bits per heavy atom. The van der Waals surface area contributed by atoms with E-state index in [0.717, 1.165) is 62.5 Å². The molecule has 0 bridgehead atoms. The fourth-order valence-electron chi connectivity index (χ4n) is 3.69. The number of rotatable bonds is 3. The van der Waals surface area contributed by atoms with E-state index in [1.165, 1.54) is 6.07 Å². The van der Waals surface area contributed by atoms with Crippen LogP contribution in [0.15, 0.2) is 41.4 Å². The lowest BCUT2D eigenvalue weighted by atomic mass is 10.1. The van der Waals surface area contributed by atoms with Crippen molar-refractivity contribution in [1.29, 1.82) is 0 Å². The van der Waals surface area contributed by atoms with Gasteiger partial charge in [-0.05, 0) is 43.3 Å². The van der Waals surface area contributed by atoms with Gasteiger partial charge in [0.05, 0.1) is 11.1 Å². The average Bonchev–Trinajstić information content (AvgIpc) is 2.86. The molecule has 0 N–H and O–H groups in total. The molecule has 0 atom stereocenters. The summed E-state index contributed by atoms with van der Waals surface area (Å²) in [5.41, 5.74) is 1.26. The maximum absolute atomic E-state index is 13.0. The molecule has 2 aromatic carbocycles. The predicted molar refractivity (Wildman–Crippen MR) is 104 cm³/mol. The van der Waals surface area contributed by atoms with Crippen LogP contribution in [0.2, 0.25) is 0 Å². The van der Waals surface area contributed by atoms with Crippen molar-refractivity contribution in [2.24, 2.45) is 4.99 Å². The predicted octanol–water partition coefficient (Wildman–Crippen LogP) is 5.09. The van der Waals surface area contributed by atoms with Gasteiger partial charge in [0.1, 0.15) is 11.4 Å². The third-order valence-electron chi connectivity index (χ3n) is 5.13. The smallest absolute Gasteiger partial charge is 0.416 e. The molecule has 2 aliphatic heterocycles. The molecule has 2 aliphatic rings. The zero-order chi connectivity index (χ0) is 19.7. The molecule has 1 fully saturated rings. The lowest BCUT2D eigenvalue weighted by Gasteiger charge is -2.36. The van der Waals surface area contributed by atoms with Crippen LogP contribution in [0.1, 0.15) is 24.5 Å². The van der Waals surface area contributed by atoms with E-state index in [2.05, 4.69) is 21.7 Å². The van der Waals surface area contributed by atoms with Crippen molar-refractivity contribution in [3.8, 4) is 11.5 Å². The van der Waals surface area contributed by atoms with Crippen LogP contribution in [0.3, 0.4) is 0 Å². The Hall–Kier alpha value is -2.54. The summed E-state index contributed by atoms with van der Waals surface area (Å²) in [5.74, 6) is 0.934. The van der Waals surface area contributed by atoms with Crippen LogP contribution >= 0.6 is 0 Å². The van der Waals surface area contributed by atoms with E-state index >= 15 is 0 Å². The number of nitrogens with zero attached hydrogens (tertiary/aromatic N) is 3. The molecule has 0 amide bonds. The Bertz CT molecular complexity index is 887. The Morgan fingerprint density at radius 2 is 1.82 bits per heavy atom. The summed E-state index contributed by atoms with van der Waals surface area (Å²) in [4.78, 5) is 9.05. The number of ether oxygens (including phenoxy) is 1. The Labute approximate surface area is 162 Å². The fraction of sp³-hybridized carbons (Fsp3) is 0.381. The van der Waals surface area contributed by atoms with Gasteiger partial charge >= 0.3 is 6.18 Å². The second kappa shape index (κ2) is 7.47. The first-order valence-corrected chi connectivity index (χ1v) is 9.49. The molecule has 1 saturated heterocycles. The first-order valence-electron chi connectivity index (χ1n) is 9.49. The molecule has 2 aromatic rings. The molecule has 2 heterocycles. The third-order valence-corrected chi connectivity index (χ3v) is 5.13. The summed E-state index contributed by atoms with van der Waals surface area (Å²) in [7, 11) is 0. The van der Waals surface area contributed by atoms with Gasteiger partial charge in [-0.2, -0.15) is 13.2 Å². The minimum atomic E-state index is -4.41. The molecular formula is C21H22F3N3O. The van der Waals surface area contributed by atoms with Crippen molar-refractivity contribution in [2.45, 2.75) is 19.5 Å². The number of halogens is 3. The second-order valence-electron chi connectivity index (χ2n) is 7.06. The van der Waals surface area contributed by atoms with Crippen molar-refractivity contribution < 1.29 is 17.9 Å². The monoisotopic (exact) mass is 389 g/mol. The number of benzene rings is 2. The zero-order valence-electron chi connectivity index (χ0n) is 15.7. The van der Waals surface area contributed by atoms with Gasteiger partial charge in [-0.3, -0.25) is 9.89 Å². The minimum Gasteiger partial charge on any atom is -0.454 e. The van der Waals surface area contributed by atoms with Crippen LogP contribution in [-0.2, 0) is 6.18 Å². The van der Waals surface area contributed by atoms with Gasteiger partial charge in [0, 0.05) is 38.1 Å². The standard InChI is InChI=1S/C21H22F3N3O/c1-2-8-26-9-11-27(12-10-26)18-4-3-5-19-16(18)14-25-17-13-15(21(22,23)24)6-7-20(17)28-19/h3-7,13-14H,2,8-12H2,1H3. The van der Waals surface area contributed by atoms with Crippen molar-refractivity contribution in [1.82, 2.24) is 4.90 Å². The lowest BCUT2D eigenvalue weighted by molar-refractivity contribution is -0.137. The number of hydrogen-bond donors (Lipinski definition) is 0. The number of piperazine rings is 1. The summed E-state index contributed by atoms with van der Waals surface area (Å²) in [5, 5.41) is 0. The average molecular weight is 389 g/mol. The fourth-order valence-corrected chi connectivity index (χ4v) is 3.69. The van der Waals surface area contributed by atoms with E-state index < -0.39 is 11.7 Å². The third kappa shape index (κ3) is 3.71. The van der Waals surface area contributed by atoms with E-state index in [-0.39, 0.29) is 5.69 Å². The molecule has 4 nitrogen and oxygen atoms in total. The van der Waals surface area contributed by atoms with Crippen LogP contribution in [0.5, 0.6) is 11.5 Å². The first kappa shape index (κ1) is 18.8. The summed E-state index contributed by atoms with van der Waals surface area (Å²) in [6, 6.07) is 9.14. The summed E-state index contributed by atoms with van der Waals surface area (Å²) < 4.78 is 45.0. The van der Waals surface area contributed by atoms with Crippen LogP contribution < -0.4 is 9.64 Å². The van der Waals surface area contributed by atoms with Gasteiger partial charge in [0.15, 0.2) is 5.75 Å². The van der Waals surface area contributed by atoms with E-state index in [9.17, 15) is 13.2 Å². The molecule has 0 saturated carbocycles. The van der Waals surface area contributed by atoms with E-state index in [1.807, 2.05) is 18.2 Å². The quantitative estimate of drug-likeness (QED) is 0.624. The molecule has 0 spiro atoms. The number of fused-ring (bicyclic) bond motifs is 2. The molecule has 7 heteroatoms. The highest BCUT2D eigenvalue weighted by molar-refractivity contribution is 5.94. The molecular weight excluding hydrogens is 367 g/mol. The second-order valence-corrected chi connectivity index (χ2v) is 7.06. The van der Waals surface area contributed by atoms with Gasteiger partial charge in [-0.1, -0.05) is 13.0 Å². The zero-order valence-corrected chi connectivity index (χ0v) is 15.7. The number of aliphatic imine (C=N–C) groups is 1. The maximum Gasteiger partial charge on any atom is 0.416 e. The highest BCUT2D eigenvalue weighted by Gasteiger charge is 2.31. The van der Waals surface area contributed by atoms with Crippen LogP contribution in [0.25, 0.3) is 0 Å². The molecule has 0 unspecified atom stereocenters. The van der Waals surface area contributed by atoms with Gasteiger partial charge in [-0.25, -0.2) is 0 Å². The minimum absolute atomic E-state index is 0.185. The highest BCUT2D eigenvalue weighted by Crippen LogP contribution is 2.42. The van der Waals surface area contributed by atoms with Crippen molar-refractivity contribution in [3.63, 3.8) is 0 Å². The van der Waals surface area contributed by atoms with Gasteiger partial charge in [-0.15, -0.1) is 0 Å². The molecule has 28 heavy (non-hydrogen) atoms. The SMILES string of the molecule is CCCN1CCN(c2cccc3c2C=Nc2cc(C(F)(F)F)ccc2O3)CC1. The molecule has 0 aromatic heterocycles. The number of hydrogen-bond acceptors (Lipinski definition) is 4. The van der Waals surface area contributed by atoms with Gasteiger partial charge in [0.2, 0.25) is 0 Å². The van der Waals surface area contributed by atoms with E-state index in [1.54, 1.807) is 6.21 Å². The van der Waals surface area contributed by atoms with Gasteiger partial charge in [0.25, 0.3) is 0 Å². The summed E-state index contributed by atoms with van der Waals surface area (Å²) in [6.45, 7) is 7.06. The topological polar surface area (TPSA) is 28.1 Å². The number of anilines is 1. The highest BCUT2D eigenvalue weighted by atomic mass is 19.4.